The maximum absolute atomic E-state index is 12.1. The number of aromatic nitrogens is 2. The van der Waals surface area contributed by atoms with E-state index in [1.165, 1.54) is 0 Å². The molecule has 0 bridgehead atoms. The van der Waals surface area contributed by atoms with Crippen LogP contribution in [0.25, 0.3) is 23.2 Å². The second kappa shape index (κ2) is 7.66. The van der Waals surface area contributed by atoms with E-state index < -0.39 is 0 Å². The topological polar surface area (TPSA) is 64.2 Å². The smallest absolute Gasteiger partial charge is 0.274 e. The fourth-order valence-corrected chi connectivity index (χ4v) is 2.45. The zero-order valence-electron chi connectivity index (χ0n) is 14.3. The largest absolute Gasteiger partial charge is 0.493 e. The third kappa shape index (κ3) is 3.88. The number of hydrogen-bond acceptors (Lipinski definition) is 4. The predicted octanol–water partition coefficient (Wildman–Crippen LogP) is 3.89. The van der Waals surface area contributed by atoms with E-state index in [1.807, 2.05) is 48.5 Å². The van der Waals surface area contributed by atoms with Crippen molar-refractivity contribution in [1.29, 1.82) is 0 Å². The van der Waals surface area contributed by atoms with Crippen LogP contribution < -0.4 is 15.0 Å². The van der Waals surface area contributed by atoms with Crippen molar-refractivity contribution in [2.45, 2.75) is 13.3 Å². The van der Waals surface area contributed by atoms with Crippen LogP contribution in [0.15, 0.2) is 47.3 Å². The molecule has 0 saturated carbocycles. The Kier molecular flexibility index (Phi) is 5.14. The zero-order valence-corrected chi connectivity index (χ0v) is 14.3. The molecule has 0 fully saturated rings. The van der Waals surface area contributed by atoms with Gasteiger partial charge in [0.05, 0.1) is 24.8 Å². The first-order valence-electron chi connectivity index (χ1n) is 8.19. The highest BCUT2D eigenvalue weighted by molar-refractivity contribution is 5.76. The summed E-state index contributed by atoms with van der Waals surface area (Å²) in [5, 5.41) is 0. The molecule has 128 valence electrons. The average Bonchev–Trinajstić information content (AvgIpc) is 2.64. The second-order valence-electron chi connectivity index (χ2n) is 5.56. The third-order valence-electron chi connectivity index (χ3n) is 3.71. The molecule has 0 spiro atoms. The number of fused-ring (bicyclic) bond motifs is 1. The standard InChI is InChI=1S/C20H20N2O3/c1-3-12-25-18-11-9-14(13-19(18)24-2)8-10-17-20(23)22-16-7-5-4-6-15(16)21-17/h4-11,13H,3,12H2,1-2H3,(H,22,23)/b10-8+. The quantitative estimate of drug-likeness (QED) is 0.742. The van der Waals surface area contributed by atoms with Crippen LogP contribution in [-0.4, -0.2) is 23.7 Å². The van der Waals surface area contributed by atoms with E-state index in [4.69, 9.17) is 9.47 Å². The highest BCUT2D eigenvalue weighted by Crippen LogP contribution is 2.28. The van der Waals surface area contributed by atoms with Crippen molar-refractivity contribution in [2.24, 2.45) is 0 Å². The van der Waals surface area contributed by atoms with E-state index in [0.717, 1.165) is 23.0 Å². The summed E-state index contributed by atoms with van der Waals surface area (Å²) < 4.78 is 11.0. The van der Waals surface area contributed by atoms with Gasteiger partial charge in [-0.3, -0.25) is 4.79 Å². The molecule has 3 rings (SSSR count). The fourth-order valence-electron chi connectivity index (χ4n) is 2.45. The van der Waals surface area contributed by atoms with Crippen LogP contribution in [-0.2, 0) is 0 Å². The van der Waals surface area contributed by atoms with Crippen molar-refractivity contribution in [3.8, 4) is 11.5 Å². The number of hydrogen-bond donors (Lipinski definition) is 1. The van der Waals surface area contributed by atoms with Crippen LogP contribution in [0.5, 0.6) is 11.5 Å². The Labute approximate surface area is 145 Å². The van der Waals surface area contributed by atoms with Gasteiger partial charge in [-0.2, -0.15) is 0 Å². The summed E-state index contributed by atoms with van der Waals surface area (Å²) in [5.74, 6) is 1.37. The molecule has 0 aliphatic carbocycles. The van der Waals surface area contributed by atoms with E-state index in [2.05, 4.69) is 16.9 Å². The van der Waals surface area contributed by atoms with Gasteiger partial charge in [-0.05, 0) is 42.3 Å². The number of H-pyrrole nitrogens is 1. The Morgan fingerprint density at radius 2 is 1.96 bits per heavy atom. The lowest BCUT2D eigenvalue weighted by Gasteiger charge is -2.10. The van der Waals surface area contributed by atoms with E-state index in [9.17, 15) is 4.79 Å². The Balaban J connectivity index is 1.89. The minimum atomic E-state index is -0.218. The Morgan fingerprint density at radius 1 is 1.12 bits per heavy atom. The molecule has 0 unspecified atom stereocenters. The Bertz CT molecular complexity index is 961. The first-order valence-corrected chi connectivity index (χ1v) is 8.19. The maximum atomic E-state index is 12.1. The summed E-state index contributed by atoms with van der Waals surface area (Å²) in [6.45, 7) is 2.69. The first-order chi connectivity index (χ1) is 12.2. The number of rotatable bonds is 6. The van der Waals surface area contributed by atoms with Gasteiger partial charge in [0.1, 0.15) is 5.69 Å². The number of nitrogens with zero attached hydrogens (tertiary/aromatic N) is 1. The van der Waals surface area contributed by atoms with E-state index in [-0.39, 0.29) is 5.56 Å². The number of ether oxygens (including phenoxy) is 2. The number of nitrogens with one attached hydrogen (secondary N) is 1. The molecule has 0 radical (unpaired) electrons. The van der Waals surface area contributed by atoms with Crippen molar-refractivity contribution >= 4 is 23.2 Å². The molecular formula is C20H20N2O3. The number of methoxy groups -OCH3 is 1. The molecule has 1 heterocycles. The summed E-state index contributed by atoms with van der Waals surface area (Å²) in [5.41, 5.74) is 2.52. The van der Waals surface area contributed by atoms with Crippen LogP contribution in [0.4, 0.5) is 0 Å². The van der Waals surface area contributed by atoms with Crippen LogP contribution >= 0.6 is 0 Å². The van der Waals surface area contributed by atoms with Crippen LogP contribution in [0, 0.1) is 0 Å². The van der Waals surface area contributed by atoms with Crippen LogP contribution in [0.2, 0.25) is 0 Å². The molecule has 0 aliphatic heterocycles. The van der Waals surface area contributed by atoms with Crippen LogP contribution in [0.1, 0.15) is 24.6 Å². The molecular weight excluding hydrogens is 316 g/mol. The minimum absolute atomic E-state index is 0.218. The van der Waals surface area contributed by atoms with Gasteiger partial charge in [-0.25, -0.2) is 4.98 Å². The monoisotopic (exact) mass is 336 g/mol. The SMILES string of the molecule is CCCOc1ccc(/C=C/c2nc3ccccc3[nH]c2=O)cc1OC. The minimum Gasteiger partial charge on any atom is -0.493 e. The normalized spacial score (nSPS) is 11.1. The first kappa shape index (κ1) is 16.8. The average molecular weight is 336 g/mol. The fraction of sp³-hybridized carbons (Fsp3) is 0.200. The highest BCUT2D eigenvalue weighted by Gasteiger charge is 2.05. The molecule has 5 heteroatoms. The third-order valence-corrected chi connectivity index (χ3v) is 3.71. The van der Waals surface area contributed by atoms with Crippen molar-refractivity contribution < 1.29 is 9.47 Å². The summed E-state index contributed by atoms with van der Waals surface area (Å²) in [4.78, 5) is 19.4. The molecule has 0 saturated heterocycles. The van der Waals surface area contributed by atoms with Gasteiger partial charge in [0.25, 0.3) is 5.56 Å². The number of para-hydroxylation sites is 2. The van der Waals surface area contributed by atoms with Gasteiger partial charge in [0.15, 0.2) is 11.5 Å². The summed E-state index contributed by atoms with van der Waals surface area (Å²) >= 11 is 0. The van der Waals surface area contributed by atoms with Crippen molar-refractivity contribution in [3.05, 3.63) is 64.1 Å². The van der Waals surface area contributed by atoms with Crippen molar-refractivity contribution in [1.82, 2.24) is 9.97 Å². The van der Waals surface area contributed by atoms with Gasteiger partial charge in [0, 0.05) is 0 Å². The van der Waals surface area contributed by atoms with E-state index in [0.29, 0.717) is 23.8 Å². The Morgan fingerprint density at radius 3 is 2.76 bits per heavy atom. The lowest BCUT2D eigenvalue weighted by Crippen LogP contribution is -2.11. The lowest BCUT2D eigenvalue weighted by atomic mass is 10.1. The number of aromatic amines is 1. The zero-order chi connectivity index (χ0) is 17.6. The van der Waals surface area contributed by atoms with Crippen LogP contribution in [0.3, 0.4) is 0 Å². The molecule has 2 aromatic carbocycles. The summed E-state index contributed by atoms with van der Waals surface area (Å²) in [6.07, 6.45) is 4.46. The lowest BCUT2D eigenvalue weighted by molar-refractivity contribution is 0.294. The summed E-state index contributed by atoms with van der Waals surface area (Å²) in [7, 11) is 1.61. The molecule has 25 heavy (non-hydrogen) atoms. The molecule has 1 aromatic heterocycles. The van der Waals surface area contributed by atoms with Gasteiger partial charge >= 0.3 is 0 Å². The predicted molar refractivity (Wildman–Crippen MR) is 100 cm³/mol. The molecule has 0 atom stereocenters. The van der Waals surface area contributed by atoms with Gasteiger partial charge < -0.3 is 14.5 Å². The van der Waals surface area contributed by atoms with Crippen molar-refractivity contribution in [2.75, 3.05) is 13.7 Å². The maximum Gasteiger partial charge on any atom is 0.274 e. The Hall–Kier alpha value is -3.08. The van der Waals surface area contributed by atoms with E-state index >= 15 is 0 Å². The molecule has 0 amide bonds. The second-order valence-corrected chi connectivity index (χ2v) is 5.56. The van der Waals surface area contributed by atoms with Gasteiger partial charge in [-0.15, -0.1) is 0 Å². The van der Waals surface area contributed by atoms with Gasteiger partial charge in [-0.1, -0.05) is 31.2 Å². The molecule has 0 aliphatic rings. The molecule has 1 N–H and O–H groups in total. The van der Waals surface area contributed by atoms with E-state index in [1.54, 1.807) is 13.2 Å². The highest BCUT2D eigenvalue weighted by atomic mass is 16.5. The summed E-state index contributed by atoms with van der Waals surface area (Å²) in [6, 6.07) is 13.1. The van der Waals surface area contributed by atoms with Crippen molar-refractivity contribution in [3.63, 3.8) is 0 Å². The number of benzene rings is 2. The molecule has 3 aromatic rings. The molecule has 5 nitrogen and oxygen atoms in total. The van der Waals surface area contributed by atoms with Gasteiger partial charge in [0.2, 0.25) is 0 Å².